The van der Waals surface area contributed by atoms with Crippen LogP contribution in [0.3, 0.4) is 0 Å². The largest absolute Gasteiger partial charge is 0.439 e. The predicted molar refractivity (Wildman–Crippen MR) is 74.3 cm³/mol. The zero-order chi connectivity index (χ0) is 14.8. The van der Waals surface area contributed by atoms with E-state index >= 15 is 0 Å². The van der Waals surface area contributed by atoms with Gasteiger partial charge < -0.3 is 9.64 Å². The standard InChI is InChI=1S/C15H20N2O4/c18-13-10-21-15(20)17(13)12-6-8-16(9-7-12)14(19)11-4-2-1-3-5-11/h1-2,11-12H,3-10H2/t11-/m0/s1. The third-order valence-electron chi connectivity index (χ3n) is 4.54. The first-order valence-electron chi connectivity index (χ1n) is 7.59. The van der Waals surface area contributed by atoms with Crippen molar-refractivity contribution in [2.75, 3.05) is 19.7 Å². The van der Waals surface area contributed by atoms with E-state index in [2.05, 4.69) is 12.2 Å². The van der Waals surface area contributed by atoms with Crippen LogP contribution in [0.4, 0.5) is 4.79 Å². The molecule has 1 atom stereocenters. The first kappa shape index (κ1) is 14.1. The van der Waals surface area contributed by atoms with Gasteiger partial charge in [0.05, 0.1) is 0 Å². The molecular weight excluding hydrogens is 272 g/mol. The maximum absolute atomic E-state index is 12.4. The van der Waals surface area contributed by atoms with Crippen molar-refractivity contribution in [2.24, 2.45) is 5.92 Å². The van der Waals surface area contributed by atoms with Gasteiger partial charge in [0, 0.05) is 25.0 Å². The molecule has 21 heavy (non-hydrogen) atoms. The number of nitrogens with zero attached hydrogens (tertiary/aromatic N) is 2. The smallest absolute Gasteiger partial charge is 0.417 e. The lowest BCUT2D eigenvalue weighted by atomic mass is 9.92. The number of hydrogen-bond acceptors (Lipinski definition) is 4. The number of carbonyl (C=O) groups excluding carboxylic acids is 3. The highest BCUT2D eigenvalue weighted by Crippen LogP contribution is 2.25. The quantitative estimate of drug-likeness (QED) is 0.720. The number of amides is 3. The summed E-state index contributed by atoms with van der Waals surface area (Å²) in [5, 5.41) is 0. The van der Waals surface area contributed by atoms with E-state index in [-0.39, 0.29) is 30.4 Å². The minimum Gasteiger partial charge on any atom is -0.439 e. The molecule has 3 amide bonds. The summed E-state index contributed by atoms with van der Waals surface area (Å²) in [6.45, 7) is 1.08. The van der Waals surface area contributed by atoms with Crippen LogP contribution in [0, 0.1) is 5.92 Å². The van der Waals surface area contributed by atoms with E-state index in [1.54, 1.807) is 0 Å². The highest BCUT2D eigenvalue weighted by Gasteiger charge is 2.39. The maximum Gasteiger partial charge on any atom is 0.417 e. The second-order valence-corrected chi connectivity index (χ2v) is 5.86. The molecule has 6 nitrogen and oxygen atoms in total. The molecule has 0 saturated carbocycles. The topological polar surface area (TPSA) is 66.9 Å². The van der Waals surface area contributed by atoms with Gasteiger partial charge in [0.1, 0.15) is 0 Å². The summed E-state index contributed by atoms with van der Waals surface area (Å²) >= 11 is 0. The van der Waals surface area contributed by atoms with Crippen molar-refractivity contribution in [3.63, 3.8) is 0 Å². The van der Waals surface area contributed by atoms with Crippen molar-refractivity contribution in [3.8, 4) is 0 Å². The van der Waals surface area contributed by atoms with Gasteiger partial charge in [-0.05, 0) is 32.1 Å². The number of hydrogen-bond donors (Lipinski definition) is 0. The van der Waals surface area contributed by atoms with Gasteiger partial charge in [-0.1, -0.05) is 12.2 Å². The van der Waals surface area contributed by atoms with Gasteiger partial charge in [-0.25, -0.2) is 9.69 Å². The van der Waals surface area contributed by atoms with Crippen molar-refractivity contribution < 1.29 is 19.1 Å². The molecule has 0 aromatic heterocycles. The van der Waals surface area contributed by atoms with Crippen LogP contribution in [0.2, 0.25) is 0 Å². The van der Waals surface area contributed by atoms with E-state index in [1.165, 1.54) is 4.90 Å². The van der Waals surface area contributed by atoms with Crippen LogP contribution in [-0.4, -0.2) is 53.4 Å². The van der Waals surface area contributed by atoms with Crippen molar-refractivity contribution in [3.05, 3.63) is 12.2 Å². The Morgan fingerprint density at radius 1 is 1.14 bits per heavy atom. The number of allylic oxidation sites excluding steroid dienone is 2. The number of imide groups is 1. The SMILES string of the molecule is O=C([C@H]1CC=CCC1)N1CCC(N2C(=O)COC2=O)CC1. The lowest BCUT2D eigenvalue weighted by Crippen LogP contribution is -2.49. The molecule has 2 saturated heterocycles. The Morgan fingerprint density at radius 2 is 1.90 bits per heavy atom. The fourth-order valence-electron chi connectivity index (χ4n) is 3.34. The molecule has 0 aromatic carbocycles. The summed E-state index contributed by atoms with van der Waals surface area (Å²) < 4.78 is 4.75. The molecular formula is C15H20N2O4. The van der Waals surface area contributed by atoms with E-state index in [9.17, 15) is 14.4 Å². The molecule has 114 valence electrons. The monoisotopic (exact) mass is 292 g/mol. The Kier molecular flexibility index (Phi) is 3.94. The molecule has 3 aliphatic rings. The fourth-order valence-corrected chi connectivity index (χ4v) is 3.34. The number of piperidine rings is 1. The highest BCUT2D eigenvalue weighted by molar-refractivity contribution is 5.98. The molecule has 2 fully saturated rings. The molecule has 0 spiro atoms. The summed E-state index contributed by atoms with van der Waals surface area (Å²) in [5.74, 6) is 0.0558. The first-order chi connectivity index (χ1) is 10.2. The summed E-state index contributed by atoms with van der Waals surface area (Å²) in [7, 11) is 0. The Hall–Kier alpha value is -1.85. The van der Waals surface area contributed by atoms with Gasteiger partial charge in [-0.3, -0.25) is 9.59 Å². The normalized spacial score (nSPS) is 27.1. The predicted octanol–water partition coefficient (Wildman–Crippen LogP) is 1.31. The zero-order valence-electron chi connectivity index (χ0n) is 12.0. The van der Waals surface area contributed by atoms with Crippen molar-refractivity contribution in [1.82, 2.24) is 9.80 Å². The molecule has 0 bridgehead atoms. The van der Waals surface area contributed by atoms with E-state index in [0.717, 1.165) is 19.3 Å². The Labute approximate surface area is 123 Å². The van der Waals surface area contributed by atoms with Gasteiger partial charge in [-0.15, -0.1) is 0 Å². The number of carbonyl (C=O) groups is 3. The number of cyclic esters (lactones) is 1. The van der Waals surface area contributed by atoms with E-state index in [4.69, 9.17) is 4.74 Å². The lowest BCUT2D eigenvalue weighted by molar-refractivity contribution is -0.137. The van der Waals surface area contributed by atoms with Crippen LogP contribution in [0.5, 0.6) is 0 Å². The van der Waals surface area contributed by atoms with Gasteiger partial charge in [-0.2, -0.15) is 0 Å². The summed E-state index contributed by atoms with van der Waals surface area (Å²) in [4.78, 5) is 38.7. The first-order valence-corrected chi connectivity index (χ1v) is 7.59. The second-order valence-electron chi connectivity index (χ2n) is 5.86. The molecule has 1 aliphatic carbocycles. The molecule has 0 N–H and O–H groups in total. The maximum atomic E-state index is 12.4. The summed E-state index contributed by atoms with van der Waals surface area (Å²) in [6.07, 6.45) is 7.69. The highest BCUT2D eigenvalue weighted by atomic mass is 16.6. The Morgan fingerprint density at radius 3 is 2.48 bits per heavy atom. The summed E-state index contributed by atoms with van der Waals surface area (Å²) in [6, 6.07) is -0.122. The van der Waals surface area contributed by atoms with Crippen molar-refractivity contribution in [1.29, 1.82) is 0 Å². The van der Waals surface area contributed by atoms with Gasteiger partial charge in [0.15, 0.2) is 6.61 Å². The minimum atomic E-state index is -0.540. The van der Waals surface area contributed by atoms with Crippen LogP contribution < -0.4 is 0 Å². The zero-order valence-corrected chi connectivity index (χ0v) is 12.0. The Balaban J connectivity index is 1.55. The summed E-state index contributed by atoms with van der Waals surface area (Å²) in [5.41, 5.74) is 0. The van der Waals surface area contributed by atoms with Gasteiger partial charge in [0.25, 0.3) is 5.91 Å². The second kappa shape index (κ2) is 5.87. The van der Waals surface area contributed by atoms with Crippen molar-refractivity contribution >= 4 is 17.9 Å². The molecule has 2 heterocycles. The molecule has 0 aromatic rings. The average molecular weight is 292 g/mol. The fraction of sp³-hybridized carbons (Fsp3) is 0.667. The lowest BCUT2D eigenvalue weighted by Gasteiger charge is -2.36. The molecule has 3 rings (SSSR count). The minimum absolute atomic E-state index is 0.102. The van der Waals surface area contributed by atoms with E-state index < -0.39 is 6.09 Å². The number of ether oxygens (including phenoxy) is 1. The Bertz CT molecular complexity index is 464. The van der Waals surface area contributed by atoms with Crippen LogP contribution >= 0.6 is 0 Å². The van der Waals surface area contributed by atoms with Crippen molar-refractivity contribution in [2.45, 2.75) is 38.1 Å². The molecule has 6 heteroatoms. The molecule has 0 unspecified atom stereocenters. The van der Waals surface area contributed by atoms with Gasteiger partial charge >= 0.3 is 6.09 Å². The molecule has 0 radical (unpaired) electrons. The van der Waals surface area contributed by atoms with Crippen LogP contribution in [0.15, 0.2) is 12.2 Å². The van der Waals surface area contributed by atoms with Crippen LogP contribution in [0.25, 0.3) is 0 Å². The van der Waals surface area contributed by atoms with Crippen LogP contribution in [-0.2, 0) is 14.3 Å². The number of likely N-dealkylation sites (tertiary alicyclic amines) is 1. The third kappa shape index (κ3) is 2.80. The number of rotatable bonds is 2. The van der Waals surface area contributed by atoms with Gasteiger partial charge in [0.2, 0.25) is 5.91 Å². The third-order valence-corrected chi connectivity index (χ3v) is 4.54. The van der Waals surface area contributed by atoms with E-state index in [0.29, 0.717) is 25.9 Å². The van der Waals surface area contributed by atoms with Crippen LogP contribution in [0.1, 0.15) is 32.1 Å². The molecule has 2 aliphatic heterocycles. The van der Waals surface area contributed by atoms with E-state index in [1.807, 2.05) is 4.90 Å². The average Bonchev–Trinajstić information content (AvgIpc) is 2.87.